The third-order valence-corrected chi connectivity index (χ3v) is 4.82. The van der Waals surface area contributed by atoms with E-state index in [0.29, 0.717) is 30.6 Å². The fourth-order valence-electron chi connectivity index (χ4n) is 3.56. The molecule has 3 rings (SSSR count). The summed E-state index contributed by atoms with van der Waals surface area (Å²) in [4.78, 5) is 25.6. The Kier molecular flexibility index (Phi) is 6.18. The van der Waals surface area contributed by atoms with Gasteiger partial charge in [0.25, 0.3) is 5.91 Å². The lowest BCUT2D eigenvalue weighted by Crippen LogP contribution is -2.33. The van der Waals surface area contributed by atoms with E-state index in [1.54, 1.807) is 4.90 Å². The molecule has 2 amide bonds. The fourth-order valence-corrected chi connectivity index (χ4v) is 3.56. The van der Waals surface area contributed by atoms with Crippen LogP contribution in [0.5, 0.6) is 0 Å². The molecule has 2 saturated heterocycles. The van der Waals surface area contributed by atoms with E-state index in [2.05, 4.69) is 10.6 Å². The third-order valence-electron chi connectivity index (χ3n) is 4.82. The number of halogens is 2. The van der Waals surface area contributed by atoms with Crippen molar-refractivity contribution in [2.45, 2.75) is 19.8 Å². The van der Waals surface area contributed by atoms with Gasteiger partial charge in [-0.3, -0.25) is 9.59 Å². The average molecular weight is 356 g/mol. The summed E-state index contributed by atoms with van der Waals surface area (Å²) < 4.78 is 14.1. The number of anilines is 1. The van der Waals surface area contributed by atoms with Crippen LogP contribution < -0.4 is 10.6 Å². The molecule has 0 saturated carbocycles. The van der Waals surface area contributed by atoms with E-state index in [1.165, 1.54) is 25.1 Å². The topological polar surface area (TPSA) is 61.4 Å². The van der Waals surface area contributed by atoms with Crippen LogP contribution in [0.15, 0.2) is 18.2 Å². The summed E-state index contributed by atoms with van der Waals surface area (Å²) >= 11 is 0. The van der Waals surface area contributed by atoms with Crippen LogP contribution >= 0.6 is 12.4 Å². The van der Waals surface area contributed by atoms with E-state index < -0.39 is 5.82 Å². The lowest BCUT2D eigenvalue weighted by Gasteiger charge is -2.21. The standard InChI is InChI=1S/C17H22FN3O2.ClH/c1-11(22)20-14-2-3-16(18)15(8-14)17(23)21-6-4-12-9-19-10-13(12)5-7-21;/h2-3,8,12-13,19H,4-7,9-10H2,1H3,(H,20,22);1H/t12-,13+;. The molecule has 0 spiro atoms. The normalized spacial score (nSPS) is 23.0. The summed E-state index contributed by atoms with van der Waals surface area (Å²) in [6.07, 6.45) is 1.91. The first kappa shape index (κ1) is 18.7. The third kappa shape index (κ3) is 4.05. The van der Waals surface area contributed by atoms with E-state index in [1.807, 2.05) is 0 Å². The number of carbonyl (C=O) groups is 2. The molecular formula is C17H23ClFN3O2. The second kappa shape index (κ2) is 7.94. The summed E-state index contributed by atoms with van der Waals surface area (Å²) in [5.74, 6) is 0.148. The van der Waals surface area contributed by atoms with Gasteiger partial charge in [-0.2, -0.15) is 0 Å². The van der Waals surface area contributed by atoms with Crippen molar-refractivity contribution < 1.29 is 14.0 Å². The molecule has 7 heteroatoms. The second-order valence-corrected chi connectivity index (χ2v) is 6.42. The van der Waals surface area contributed by atoms with Crippen molar-refractivity contribution in [2.24, 2.45) is 11.8 Å². The van der Waals surface area contributed by atoms with Gasteiger partial charge in [-0.05, 0) is 56.0 Å². The van der Waals surface area contributed by atoms with Crippen LogP contribution in [0, 0.1) is 17.7 Å². The molecule has 0 radical (unpaired) electrons. The molecule has 0 aromatic heterocycles. The Morgan fingerprint density at radius 1 is 1.21 bits per heavy atom. The molecular weight excluding hydrogens is 333 g/mol. The Balaban J connectivity index is 0.00000208. The Labute approximate surface area is 147 Å². The van der Waals surface area contributed by atoms with Crippen molar-refractivity contribution in [1.29, 1.82) is 0 Å². The van der Waals surface area contributed by atoms with E-state index in [9.17, 15) is 14.0 Å². The predicted molar refractivity (Wildman–Crippen MR) is 92.9 cm³/mol. The zero-order valence-electron chi connectivity index (χ0n) is 13.7. The van der Waals surface area contributed by atoms with Gasteiger partial charge in [0, 0.05) is 25.7 Å². The smallest absolute Gasteiger partial charge is 0.256 e. The summed E-state index contributed by atoms with van der Waals surface area (Å²) in [6, 6.07) is 4.12. The zero-order valence-corrected chi connectivity index (χ0v) is 14.5. The van der Waals surface area contributed by atoms with Gasteiger partial charge in [0.2, 0.25) is 5.91 Å². The number of likely N-dealkylation sites (tertiary alicyclic amines) is 1. The van der Waals surface area contributed by atoms with Crippen molar-refractivity contribution in [3.63, 3.8) is 0 Å². The first-order chi connectivity index (χ1) is 11.0. The highest BCUT2D eigenvalue weighted by Crippen LogP contribution is 2.28. The van der Waals surface area contributed by atoms with Crippen LogP contribution in [0.25, 0.3) is 0 Å². The Morgan fingerprint density at radius 2 is 1.83 bits per heavy atom. The first-order valence-corrected chi connectivity index (χ1v) is 8.11. The van der Waals surface area contributed by atoms with Gasteiger partial charge in [-0.1, -0.05) is 0 Å². The largest absolute Gasteiger partial charge is 0.339 e. The van der Waals surface area contributed by atoms with Gasteiger partial charge in [0.15, 0.2) is 0 Å². The number of amides is 2. The molecule has 2 N–H and O–H groups in total. The van der Waals surface area contributed by atoms with Gasteiger partial charge < -0.3 is 15.5 Å². The monoisotopic (exact) mass is 355 g/mol. The van der Waals surface area contributed by atoms with E-state index in [4.69, 9.17) is 0 Å². The molecule has 2 fully saturated rings. The lowest BCUT2D eigenvalue weighted by atomic mass is 9.92. The van der Waals surface area contributed by atoms with Gasteiger partial charge in [0.05, 0.1) is 5.56 Å². The lowest BCUT2D eigenvalue weighted by molar-refractivity contribution is -0.114. The fraction of sp³-hybridized carbons (Fsp3) is 0.529. The van der Waals surface area contributed by atoms with Crippen molar-refractivity contribution in [3.8, 4) is 0 Å². The van der Waals surface area contributed by atoms with E-state index >= 15 is 0 Å². The van der Waals surface area contributed by atoms with Gasteiger partial charge in [-0.25, -0.2) is 4.39 Å². The predicted octanol–water partition coefficient (Wildman–Crippen LogP) is 2.28. The maximum absolute atomic E-state index is 14.1. The number of hydrogen-bond acceptors (Lipinski definition) is 3. The number of rotatable bonds is 2. The Hall–Kier alpha value is -1.66. The van der Waals surface area contributed by atoms with Crippen LogP contribution in [-0.4, -0.2) is 42.9 Å². The Morgan fingerprint density at radius 3 is 2.42 bits per heavy atom. The molecule has 2 aliphatic rings. The number of nitrogens with zero attached hydrogens (tertiary/aromatic N) is 1. The number of hydrogen-bond donors (Lipinski definition) is 2. The Bertz CT molecular complexity index is 612. The maximum Gasteiger partial charge on any atom is 0.256 e. The van der Waals surface area contributed by atoms with Gasteiger partial charge in [-0.15, -0.1) is 12.4 Å². The number of nitrogens with one attached hydrogen (secondary N) is 2. The molecule has 1 aromatic rings. The van der Waals surface area contributed by atoms with Crippen molar-refractivity contribution in [2.75, 3.05) is 31.5 Å². The van der Waals surface area contributed by atoms with Crippen LogP contribution in [0.2, 0.25) is 0 Å². The van der Waals surface area contributed by atoms with Crippen molar-refractivity contribution in [3.05, 3.63) is 29.6 Å². The molecule has 2 atom stereocenters. The number of fused-ring (bicyclic) bond motifs is 1. The molecule has 2 heterocycles. The zero-order chi connectivity index (χ0) is 16.4. The van der Waals surface area contributed by atoms with Crippen LogP contribution in [0.1, 0.15) is 30.1 Å². The minimum atomic E-state index is -0.546. The summed E-state index contributed by atoms with van der Waals surface area (Å²) in [6.45, 7) is 4.72. The van der Waals surface area contributed by atoms with Crippen molar-refractivity contribution in [1.82, 2.24) is 10.2 Å². The molecule has 5 nitrogen and oxygen atoms in total. The summed E-state index contributed by atoms with van der Waals surface area (Å²) in [5, 5.41) is 5.99. The van der Waals surface area contributed by atoms with E-state index in [0.717, 1.165) is 25.9 Å². The highest BCUT2D eigenvalue weighted by atomic mass is 35.5. The van der Waals surface area contributed by atoms with Crippen LogP contribution in [0.4, 0.5) is 10.1 Å². The highest BCUT2D eigenvalue weighted by Gasteiger charge is 2.32. The number of benzene rings is 1. The molecule has 0 aliphatic carbocycles. The van der Waals surface area contributed by atoms with Gasteiger partial charge in [0.1, 0.15) is 5.82 Å². The SMILES string of the molecule is CC(=O)Nc1ccc(F)c(C(=O)N2CC[C@@H]3CNC[C@@H]3CC2)c1.Cl. The van der Waals surface area contributed by atoms with Gasteiger partial charge >= 0.3 is 0 Å². The van der Waals surface area contributed by atoms with Crippen LogP contribution in [0.3, 0.4) is 0 Å². The molecule has 0 bridgehead atoms. The minimum Gasteiger partial charge on any atom is -0.339 e. The highest BCUT2D eigenvalue weighted by molar-refractivity contribution is 5.97. The quantitative estimate of drug-likeness (QED) is 0.855. The summed E-state index contributed by atoms with van der Waals surface area (Å²) in [5.41, 5.74) is 0.472. The maximum atomic E-state index is 14.1. The molecule has 132 valence electrons. The summed E-state index contributed by atoms with van der Waals surface area (Å²) in [7, 11) is 0. The number of carbonyl (C=O) groups excluding carboxylic acids is 2. The minimum absolute atomic E-state index is 0. The molecule has 24 heavy (non-hydrogen) atoms. The molecule has 2 aliphatic heterocycles. The average Bonchev–Trinajstić information content (AvgIpc) is 2.87. The van der Waals surface area contributed by atoms with Crippen molar-refractivity contribution >= 4 is 29.9 Å². The second-order valence-electron chi connectivity index (χ2n) is 6.42. The van der Waals surface area contributed by atoms with E-state index in [-0.39, 0.29) is 29.8 Å². The molecule has 0 unspecified atom stereocenters. The first-order valence-electron chi connectivity index (χ1n) is 8.11. The molecule has 1 aromatic carbocycles. The van der Waals surface area contributed by atoms with Crippen LogP contribution in [-0.2, 0) is 4.79 Å².